The van der Waals surface area contributed by atoms with Crippen LogP contribution in [0.3, 0.4) is 0 Å². The third-order valence-electron chi connectivity index (χ3n) is 7.56. The maximum atomic E-state index is 14.5. The van der Waals surface area contributed by atoms with Gasteiger partial charge >= 0.3 is 18.0 Å². The Morgan fingerprint density at radius 1 is 1.10 bits per heavy atom. The van der Waals surface area contributed by atoms with Gasteiger partial charge in [-0.3, -0.25) is 9.59 Å². The maximum Gasteiger partial charge on any atom is 0.437 e. The molecule has 4 aromatic rings. The first-order chi connectivity index (χ1) is 22.4. The van der Waals surface area contributed by atoms with Gasteiger partial charge in [-0.05, 0) is 68.5 Å². The van der Waals surface area contributed by atoms with Crippen LogP contribution in [0.5, 0.6) is 0 Å². The van der Waals surface area contributed by atoms with E-state index in [-0.39, 0.29) is 51.3 Å². The number of pyridine rings is 1. The molecule has 1 aliphatic rings. The van der Waals surface area contributed by atoms with Crippen LogP contribution in [0.15, 0.2) is 42.7 Å². The van der Waals surface area contributed by atoms with Crippen LogP contribution in [0.2, 0.25) is 5.02 Å². The number of aryl methyl sites for hydroxylation is 1. The fraction of sp³-hybridized carbons (Fsp3) is 0.345. The van der Waals surface area contributed by atoms with E-state index in [9.17, 15) is 45.6 Å². The summed E-state index contributed by atoms with van der Waals surface area (Å²) < 4.78 is 95.3. The Balaban J connectivity index is 1.52. The zero-order chi connectivity index (χ0) is 35.2. The van der Waals surface area contributed by atoms with E-state index in [2.05, 4.69) is 31.0 Å². The Morgan fingerprint density at radius 2 is 1.79 bits per heavy atom. The Kier molecular flexibility index (Phi) is 8.95. The molecule has 0 aliphatic heterocycles. The molecule has 1 aliphatic carbocycles. The molecule has 0 bridgehead atoms. The van der Waals surface area contributed by atoms with Crippen molar-refractivity contribution in [2.75, 3.05) is 5.32 Å². The number of nitrogens with zero attached hydrogens (tertiary/aromatic N) is 7. The molecule has 0 radical (unpaired) electrons. The topological polar surface area (TPSA) is 143 Å². The summed E-state index contributed by atoms with van der Waals surface area (Å²) in [5.41, 5.74) is -7.73. The van der Waals surface area contributed by atoms with E-state index in [4.69, 9.17) is 11.6 Å². The summed E-state index contributed by atoms with van der Waals surface area (Å²) in [5, 5.41) is 25.2. The van der Waals surface area contributed by atoms with Crippen molar-refractivity contribution in [2.24, 2.45) is 5.92 Å². The lowest BCUT2D eigenvalue weighted by molar-refractivity contribution is -0.350. The van der Waals surface area contributed by atoms with Crippen LogP contribution in [0.4, 0.5) is 36.4 Å². The van der Waals surface area contributed by atoms with Crippen LogP contribution >= 0.6 is 11.6 Å². The predicted octanol–water partition coefficient (Wildman–Crippen LogP) is 5.81. The van der Waals surface area contributed by atoms with Gasteiger partial charge in [0.05, 0.1) is 46.3 Å². The van der Waals surface area contributed by atoms with Crippen molar-refractivity contribution >= 4 is 29.1 Å². The fourth-order valence-corrected chi connectivity index (χ4v) is 5.09. The molecule has 11 nitrogen and oxygen atoms in total. The third-order valence-corrected chi connectivity index (χ3v) is 7.86. The van der Waals surface area contributed by atoms with Gasteiger partial charge in [-0.15, -0.1) is 5.10 Å². The van der Waals surface area contributed by atoms with Crippen LogP contribution in [-0.4, -0.2) is 60.0 Å². The van der Waals surface area contributed by atoms with Crippen LogP contribution in [-0.2, 0) is 12.2 Å². The van der Waals surface area contributed by atoms with Crippen LogP contribution < -0.4 is 10.6 Å². The number of hydrogen-bond acceptors (Lipinski definition) is 7. The highest BCUT2D eigenvalue weighted by atomic mass is 35.5. The van der Waals surface area contributed by atoms with Gasteiger partial charge in [-0.2, -0.15) is 36.7 Å². The normalized spacial score (nSPS) is 14.4. The summed E-state index contributed by atoms with van der Waals surface area (Å²) in [5.74, 6) is -1.22. The van der Waals surface area contributed by atoms with Gasteiger partial charge < -0.3 is 10.6 Å². The molecule has 2 amide bonds. The quantitative estimate of drug-likeness (QED) is 0.210. The molecule has 1 aromatic carbocycles. The minimum absolute atomic E-state index is 0.00509. The number of nitrogens with one attached hydrogen (secondary N) is 2. The monoisotopic (exact) mass is 697 g/mol. The second kappa shape index (κ2) is 12.5. The lowest BCUT2D eigenvalue weighted by Crippen LogP contribution is -2.50. The molecule has 19 heteroatoms. The van der Waals surface area contributed by atoms with Crippen LogP contribution in [0.1, 0.15) is 63.1 Å². The molecule has 3 aromatic heterocycles. The number of alkyl halides is 7. The fourth-order valence-electron chi connectivity index (χ4n) is 4.89. The van der Waals surface area contributed by atoms with Crippen molar-refractivity contribution in [3.8, 4) is 11.9 Å². The number of carbonyl (C=O) groups is 2. The molecule has 1 unspecified atom stereocenters. The molecule has 0 saturated heterocycles. The first-order valence-electron chi connectivity index (χ1n) is 14.0. The van der Waals surface area contributed by atoms with Crippen molar-refractivity contribution in [3.05, 3.63) is 81.5 Å². The number of hydrogen-bond donors (Lipinski definition) is 2. The number of halogens is 8. The number of aromatic nitrogens is 6. The smallest absolute Gasteiger partial charge is 0.349 e. The SMILES string of the molecule is Cc1cc(C#N)cc(C(=O)NC(C)C2CC2)c1NC(=O)c1cc(Cn2cc(C(F)(C(F)(F)F)C(F)(F)F)nn2)nn1-c1ncccc1Cl. The lowest BCUT2D eigenvalue weighted by Gasteiger charge is -2.27. The van der Waals surface area contributed by atoms with E-state index in [1.165, 1.54) is 30.5 Å². The predicted molar refractivity (Wildman–Crippen MR) is 154 cm³/mol. The highest BCUT2D eigenvalue weighted by molar-refractivity contribution is 6.32. The first-order valence-corrected chi connectivity index (χ1v) is 14.4. The number of nitriles is 1. The zero-order valence-corrected chi connectivity index (χ0v) is 25.5. The van der Waals surface area contributed by atoms with Crippen LogP contribution in [0, 0.1) is 24.2 Å². The molecule has 5 rings (SSSR count). The van der Waals surface area contributed by atoms with Gasteiger partial charge in [0.15, 0.2) is 5.82 Å². The molecule has 0 spiro atoms. The van der Waals surface area contributed by atoms with Gasteiger partial charge in [0.25, 0.3) is 11.8 Å². The Labute approximate surface area is 271 Å². The Morgan fingerprint density at radius 3 is 2.40 bits per heavy atom. The van der Waals surface area contributed by atoms with E-state index in [0.717, 1.165) is 23.6 Å². The first kappa shape index (κ1) is 34.3. The minimum atomic E-state index is -6.40. The van der Waals surface area contributed by atoms with Gasteiger partial charge in [-0.25, -0.2) is 18.7 Å². The molecular weight excluding hydrogens is 675 g/mol. The van der Waals surface area contributed by atoms with Crippen molar-refractivity contribution in [1.29, 1.82) is 5.26 Å². The van der Waals surface area contributed by atoms with Gasteiger partial charge in [-0.1, -0.05) is 16.8 Å². The summed E-state index contributed by atoms with van der Waals surface area (Å²) in [6.45, 7) is 2.73. The molecule has 48 heavy (non-hydrogen) atoms. The van der Waals surface area contributed by atoms with Crippen molar-refractivity contribution < 1.29 is 40.3 Å². The number of anilines is 1. The molecule has 1 saturated carbocycles. The summed E-state index contributed by atoms with van der Waals surface area (Å²) in [7, 11) is 0. The van der Waals surface area contributed by atoms with E-state index in [1.807, 2.05) is 13.0 Å². The molecule has 252 valence electrons. The average molecular weight is 698 g/mol. The number of carbonyl (C=O) groups excluding carboxylic acids is 2. The summed E-state index contributed by atoms with van der Waals surface area (Å²) in [6, 6.07) is 8.56. The number of amides is 2. The van der Waals surface area contributed by atoms with Gasteiger partial charge in [0.1, 0.15) is 11.4 Å². The Bertz CT molecular complexity index is 1910. The zero-order valence-electron chi connectivity index (χ0n) is 24.8. The third kappa shape index (κ3) is 6.54. The summed E-state index contributed by atoms with van der Waals surface area (Å²) in [4.78, 5) is 31.2. The second-order valence-corrected chi connectivity index (χ2v) is 11.5. The van der Waals surface area contributed by atoms with E-state index in [1.54, 1.807) is 6.92 Å². The second-order valence-electron chi connectivity index (χ2n) is 11.1. The summed E-state index contributed by atoms with van der Waals surface area (Å²) >= 11 is 6.29. The highest BCUT2D eigenvalue weighted by Crippen LogP contribution is 2.52. The lowest BCUT2D eigenvalue weighted by atomic mass is 10.0. The summed E-state index contributed by atoms with van der Waals surface area (Å²) in [6.07, 6.45) is -9.47. The molecule has 1 atom stereocenters. The largest absolute Gasteiger partial charge is 0.437 e. The highest BCUT2D eigenvalue weighted by Gasteiger charge is 2.75. The van der Waals surface area contributed by atoms with E-state index >= 15 is 0 Å². The number of benzene rings is 1. The van der Waals surface area contributed by atoms with Gasteiger partial charge in [0, 0.05) is 12.2 Å². The average Bonchev–Trinajstić information content (AvgIpc) is 3.63. The minimum Gasteiger partial charge on any atom is -0.349 e. The maximum absolute atomic E-state index is 14.5. The Hall–Kier alpha value is -5.05. The van der Waals surface area contributed by atoms with Gasteiger partial charge in [0.2, 0.25) is 0 Å². The standard InChI is InChI=1S/C29H23ClF7N9O2/c1-14-8-16(11-38)9-19(25(47)40-15(2)17-5-6-17)23(14)41-26(48)21-10-18(43-46(21)24-20(30)4-3-7-39-24)12-45-13-22(42-44-45)27(31,28(32,33)34)29(35,36)37/h3-4,7-10,13,15,17H,5-6,12H2,1-2H3,(H,40,47)(H,41,48). The van der Waals surface area contributed by atoms with Crippen molar-refractivity contribution in [1.82, 2.24) is 35.1 Å². The molecule has 3 heterocycles. The molecular formula is C29H23ClF7N9O2. The van der Waals surface area contributed by atoms with Crippen molar-refractivity contribution in [3.63, 3.8) is 0 Å². The number of rotatable bonds is 9. The van der Waals surface area contributed by atoms with Crippen LogP contribution in [0.25, 0.3) is 5.82 Å². The molecule has 2 N–H and O–H groups in total. The van der Waals surface area contributed by atoms with E-state index in [0.29, 0.717) is 16.2 Å². The molecule has 1 fully saturated rings. The van der Waals surface area contributed by atoms with E-state index < -0.39 is 42.1 Å². The van der Waals surface area contributed by atoms with Crippen molar-refractivity contribution in [2.45, 2.75) is 57.3 Å².